The van der Waals surface area contributed by atoms with Crippen molar-refractivity contribution in [1.29, 1.82) is 0 Å². The quantitative estimate of drug-likeness (QED) is 0.551. The SMILES string of the molecule is C[C@H]1CC2(CCCC2)N2C(=O)[C@@]3(NCCc4c3[nH]c3ccccc43)c3cc(F)cc1c32. The molecule has 0 radical (unpaired) electrons. The smallest absolute Gasteiger partial charge is 0.258 e. The molecule has 1 saturated carbocycles. The number of carbonyl (C=O) groups is 1. The number of amides is 1. The summed E-state index contributed by atoms with van der Waals surface area (Å²) >= 11 is 0. The number of aromatic amines is 1. The highest BCUT2D eigenvalue weighted by Gasteiger charge is 2.62. The first-order valence-electron chi connectivity index (χ1n) is 11.6. The van der Waals surface area contributed by atoms with Crippen LogP contribution in [0.25, 0.3) is 10.9 Å². The van der Waals surface area contributed by atoms with Gasteiger partial charge in [-0.2, -0.15) is 0 Å². The van der Waals surface area contributed by atoms with Crippen molar-refractivity contribution in [3.63, 3.8) is 0 Å². The van der Waals surface area contributed by atoms with E-state index in [2.05, 4.69) is 34.3 Å². The number of benzene rings is 2. The number of nitrogens with one attached hydrogen (secondary N) is 2. The summed E-state index contributed by atoms with van der Waals surface area (Å²) in [6.45, 7) is 2.90. The lowest BCUT2D eigenvalue weighted by atomic mass is 9.77. The van der Waals surface area contributed by atoms with Gasteiger partial charge in [0.15, 0.2) is 5.54 Å². The standard InChI is InChI=1S/C26H26FN3O/c1-15-14-25(9-4-5-10-25)30-22-19(15)12-16(27)13-20(22)26(24(30)31)23-18(8-11-28-26)17-6-2-3-7-21(17)29-23/h2-3,6-7,12-13,15,28-29H,4-5,8-11,14H2,1H3/t15-,26+/m0/s1. The molecular formula is C26H26FN3O. The molecule has 3 aliphatic heterocycles. The van der Waals surface area contributed by atoms with Gasteiger partial charge >= 0.3 is 0 Å². The molecule has 1 fully saturated rings. The maximum atomic E-state index is 15.0. The van der Waals surface area contributed by atoms with Crippen LogP contribution in [0.1, 0.15) is 67.3 Å². The van der Waals surface area contributed by atoms with Gasteiger partial charge in [0.1, 0.15) is 5.82 Å². The first kappa shape index (κ1) is 18.0. The van der Waals surface area contributed by atoms with Gasteiger partial charge in [0.05, 0.1) is 11.4 Å². The van der Waals surface area contributed by atoms with E-state index in [1.54, 1.807) is 12.1 Å². The van der Waals surface area contributed by atoms with Crippen LogP contribution in [0.3, 0.4) is 0 Å². The molecule has 31 heavy (non-hydrogen) atoms. The summed E-state index contributed by atoms with van der Waals surface area (Å²) in [6, 6.07) is 11.5. The average molecular weight is 416 g/mol. The van der Waals surface area contributed by atoms with Gasteiger partial charge in [0.2, 0.25) is 0 Å². The fourth-order valence-electron chi connectivity index (χ4n) is 7.26. The van der Waals surface area contributed by atoms with E-state index in [0.29, 0.717) is 6.54 Å². The maximum Gasteiger partial charge on any atom is 0.258 e. The van der Waals surface area contributed by atoms with E-state index < -0.39 is 5.54 Å². The van der Waals surface area contributed by atoms with Gasteiger partial charge in [-0.15, -0.1) is 0 Å². The molecule has 1 amide bonds. The van der Waals surface area contributed by atoms with Crippen LogP contribution in [0.2, 0.25) is 0 Å². The fraction of sp³-hybridized carbons (Fsp3) is 0.423. The molecule has 1 aromatic heterocycles. The summed E-state index contributed by atoms with van der Waals surface area (Å²) < 4.78 is 15.0. The molecule has 158 valence electrons. The van der Waals surface area contributed by atoms with Crippen molar-refractivity contribution in [2.45, 2.75) is 62.4 Å². The van der Waals surface area contributed by atoms with Gasteiger partial charge < -0.3 is 9.88 Å². The number of hydrogen-bond acceptors (Lipinski definition) is 2. The maximum absolute atomic E-state index is 15.0. The van der Waals surface area contributed by atoms with Gasteiger partial charge in [0, 0.05) is 28.6 Å². The van der Waals surface area contributed by atoms with Crippen molar-refractivity contribution in [2.24, 2.45) is 0 Å². The summed E-state index contributed by atoms with van der Waals surface area (Å²) in [5.74, 6) is 0.0743. The predicted molar refractivity (Wildman–Crippen MR) is 119 cm³/mol. The summed E-state index contributed by atoms with van der Waals surface area (Å²) in [4.78, 5) is 20.2. The molecule has 2 aromatic carbocycles. The third-order valence-corrected chi connectivity index (χ3v) is 8.44. The van der Waals surface area contributed by atoms with E-state index >= 15 is 0 Å². The molecule has 2 atom stereocenters. The van der Waals surface area contributed by atoms with Crippen molar-refractivity contribution in [1.82, 2.24) is 10.3 Å². The van der Waals surface area contributed by atoms with E-state index in [-0.39, 0.29) is 23.2 Å². The summed E-state index contributed by atoms with van der Waals surface area (Å²) in [5.41, 5.74) is 4.75. The Labute approximate surface area is 180 Å². The first-order valence-corrected chi connectivity index (χ1v) is 11.6. The Morgan fingerprint density at radius 1 is 1.16 bits per heavy atom. The van der Waals surface area contributed by atoms with E-state index in [4.69, 9.17) is 0 Å². The molecular weight excluding hydrogens is 389 g/mol. The van der Waals surface area contributed by atoms with Crippen molar-refractivity contribution in [3.05, 3.63) is 64.6 Å². The van der Waals surface area contributed by atoms with E-state index in [9.17, 15) is 9.18 Å². The lowest BCUT2D eigenvalue weighted by Gasteiger charge is -2.46. The molecule has 0 unspecified atom stereocenters. The number of hydrogen-bond donors (Lipinski definition) is 2. The van der Waals surface area contributed by atoms with Crippen LogP contribution >= 0.6 is 0 Å². The van der Waals surface area contributed by atoms with E-state index in [0.717, 1.165) is 66.5 Å². The average Bonchev–Trinajstić information content (AvgIpc) is 3.44. The molecule has 2 N–H and O–H groups in total. The summed E-state index contributed by atoms with van der Waals surface area (Å²) in [5, 5.41) is 4.76. The Balaban J connectivity index is 1.57. The number of fused-ring (bicyclic) bond motifs is 6. The molecule has 0 saturated heterocycles. The van der Waals surface area contributed by atoms with Crippen molar-refractivity contribution >= 4 is 22.5 Å². The zero-order valence-corrected chi connectivity index (χ0v) is 17.7. The molecule has 4 nitrogen and oxygen atoms in total. The minimum atomic E-state index is -1.03. The Morgan fingerprint density at radius 3 is 2.81 bits per heavy atom. The molecule has 4 heterocycles. The highest BCUT2D eigenvalue weighted by atomic mass is 19.1. The van der Waals surface area contributed by atoms with Crippen LogP contribution in [-0.2, 0) is 16.8 Å². The zero-order chi connectivity index (χ0) is 21.0. The lowest BCUT2D eigenvalue weighted by Crippen LogP contribution is -2.60. The van der Waals surface area contributed by atoms with E-state index in [1.807, 2.05) is 12.1 Å². The number of nitrogens with zero attached hydrogens (tertiary/aromatic N) is 1. The highest BCUT2D eigenvalue weighted by Crippen LogP contribution is 2.59. The van der Waals surface area contributed by atoms with E-state index in [1.165, 1.54) is 10.9 Å². The second-order valence-electron chi connectivity index (χ2n) is 10.0. The summed E-state index contributed by atoms with van der Waals surface area (Å²) in [6.07, 6.45) is 6.16. The number of anilines is 1. The minimum absolute atomic E-state index is 0.0793. The second-order valence-corrected chi connectivity index (χ2v) is 10.0. The van der Waals surface area contributed by atoms with Crippen molar-refractivity contribution in [3.8, 4) is 0 Å². The third-order valence-electron chi connectivity index (χ3n) is 8.44. The fourth-order valence-corrected chi connectivity index (χ4v) is 7.26. The Hall–Kier alpha value is -2.66. The number of halogens is 1. The molecule has 7 rings (SSSR count). The van der Waals surface area contributed by atoms with Crippen LogP contribution in [0.5, 0.6) is 0 Å². The van der Waals surface area contributed by atoms with Gasteiger partial charge in [-0.25, -0.2) is 4.39 Å². The van der Waals surface area contributed by atoms with Crippen LogP contribution in [0.4, 0.5) is 10.1 Å². The topological polar surface area (TPSA) is 48.1 Å². The predicted octanol–water partition coefficient (Wildman–Crippen LogP) is 4.86. The zero-order valence-electron chi connectivity index (χ0n) is 17.7. The Bertz CT molecular complexity index is 1270. The third kappa shape index (κ3) is 2.02. The van der Waals surface area contributed by atoms with Gasteiger partial charge in [0.25, 0.3) is 5.91 Å². The molecule has 0 bridgehead atoms. The molecule has 2 spiro atoms. The monoisotopic (exact) mass is 415 g/mol. The van der Waals surface area contributed by atoms with Crippen LogP contribution < -0.4 is 10.2 Å². The molecule has 3 aromatic rings. The Morgan fingerprint density at radius 2 is 1.97 bits per heavy atom. The number of H-pyrrole nitrogens is 1. The molecule has 1 aliphatic carbocycles. The molecule has 4 aliphatic rings. The van der Waals surface area contributed by atoms with Crippen molar-refractivity contribution in [2.75, 3.05) is 11.4 Å². The summed E-state index contributed by atoms with van der Waals surface area (Å²) in [7, 11) is 0. The number of aromatic nitrogens is 1. The molecule has 5 heteroatoms. The largest absolute Gasteiger partial charge is 0.356 e. The van der Waals surface area contributed by atoms with Crippen LogP contribution in [-0.4, -0.2) is 23.0 Å². The minimum Gasteiger partial charge on any atom is -0.356 e. The highest BCUT2D eigenvalue weighted by molar-refractivity contribution is 6.13. The normalized spacial score (nSPS) is 28.0. The van der Waals surface area contributed by atoms with Crippen molar-refractivity contribution < 1.29 is 9.18 Å². The van der Waals surface area contributed by atoms with Crippen LogP contribution in [0, 0.1) is 5.82 Å². The second kappa shape index (κ2) is 5.77. The Kier molecular flexibility index (Phi) is 3.34. The van der Waals surface area contributed by atoms with Gasteiger partial charge in [-0.3, -0.25) is 10.1 Å². The first-order chi connectivity index (χ1) is 15.1. The number of rotatable bonds is 0. The van der Waals surface area contributed by atoms with Gasteiger partial charge in [-0.1, -0.05) is 38.0 Å². The lowest BCUT2D eigenvalue weighted by molar-refractivity contribution is -0.124. The van der Waals surface area contributed by atoms with Crippen LogP contribution in [0.15, 0.2) is 36.4 Å². The van der Waals surface area contributed by atoms with Gasteiger partial charge in [-0.05, 0) is 60.9 Å². The number of carbonyl (C=O) groups excluding carboxylic acids is 1. The number of para-hydroxylation sites is 1.